The van der Waals surface area contributed by atoms with Gasteiger partial charge in [-0.1, -0.05) is 0 Å². The van der Waals surface area contributed by atoms with Crippen molar-refractivity contribution >= 4 is 7.37 Å². The molecule has 0 bridgehead atoms. The second kappa shape index (κ2) is 9.03. The molecular weight excluding hydrogens is 245 g/mol. The van der Waals surface area contributed by atoms with E-state index in [2.05, 4.69) is 0 Å². The summed E-state index contributed by atoms with van der Waals surface area (Å²) < 4.78 is 28.4. The van der Waals surface area contributed by atoms with Crippen molar-refractivity contribution in [3.05, 3.63) is 0 Å². The minimum atomic E-state index is -3.21. The van der Waals surface area contributed by atoms with Gasteiger partial charge >= 0.3 is 0 Å². The molecule has 0 aliphatic heterocycles. The minimum Gasteiger partial charge on any atom is -0.391 e. The SMILES string of the molecule is CCOC(OCC)P(=O)(CC(O)CN)OCC. The Morgan fingerprint density at radius 3 is 2.06 bits per heavy atom. The molecule has 0 amide bonds. The first-order chi connectivity index (χ1) is 8.03. The monoisotopic (exact) mass is 269 g/mol. The van der Waals surface area contributed by atoms with E-state index < -0.39 is 19.5 Å². The molecule has 0 aromatic carbocycles. The summed E-state index contributed by atoms with van der Waals surface area (Å²) in [5.74, 6) is 0. The lowest BCUT2D eigenvalue weighted by molar-refractivity contribution is -0.0894. The Morgan fingerprint density at radius 2 is 1.71 bits per heavy atom. The highest BCUT2D eigenvalue weighted by molar-refractivity contribution is 7.59. The average Bonchev–Trinajstić information content (AvgIpc) is 2.29. The van der Waals surface area contributed by atoms with Crippen molar-refractivity contribution in [1.29, 1.82) is 0 Å². The first-order valence-electron chi connectivity index (χ1n) is 5.88. The normalized spacial score (nSPS) is 17.1. The largest absolute Gasteiger partial charge is 0.391 e. The predicted octanol–water partition coefficient (Wildman–Crippen LogP) is 0.977. The topological polar surface area (TPSA) is 91.0 Å². The molecule has 0 aromatic heterocycles. The van der Waals surface area contributed by atoms with Gasteiger partial charge in [-0.15, -0.1) is 0 Å². The van der Waals surface area contributed by atoms with Crippen molar-refractivity contribution in [1.82, 2.24) is 0 Å². The molecule has 0 spiro atoms. The lowest BCUT2D eigenvalue weighted by Crippen LogP contribution is -2.29. The van der Waals surface area contributed by atoms with E-state index in [1.165, 1.54) is 0 Å². The third kappa shape index (κ3) is 5.95. The Kier molecular flexibility index (Phi) is 9.04. The highest BCUT2D eigenvalue weighted by Gasteiger charge is 2.37. The van der Waals surface area contributed by atoms with Crippen LogP contribution in [-0.2, 0) is 18.6 Å². The van der Waals surface area contributed by atoms with Crippen LogP contribution in [0.15, 0.2) is 0 Å². The third-order valence-corrected chi connectivity index (χ3v) is 4.59. The summed E-state index contributed by atoms with van der Waals surface area (Å²) in [6.07, 6.45) is -0.932. The van der Waals surface area contributed by atoms with Crippen molar-refractivity contribution in [2.45, 2.75) is 32.9 Å². The fraction of sp³-hybridized carbons (Fsp3) is 1.00. The van der Waals surface area contributed by atoms with Crippen molar-refractivity contribution in [3.63, 3.8) is 0 Å². The Morgan fingerprint density at radius 1 is 1.18 bits per heavy atom. The number of ether oxygens (including phenoxy) is 2. The van der Waals surface area contributed by atoms with E-state index in [0.29, 0.717) is 13.2 Å². The van der Waals surface area contributed by atoms with Crippen LogP contribution in [0.1, 0.15) is 20.8 Å². The van der Waals surface area contributed by atoms with E-state index in [4.69, 9.17) is 19.7 Å². The maximum atomic E-state index is 12.6. The van der Waals surface area contributed by atoms with Crippen molar-refractivity contribution < 1.29 is 23.7 Å². The van der Waals surface area contributed by atoms with Crippen molar-refractivity contribution in [2.75, 3.05) is 32.5 Å². The van der Waals surface area contributed by atoms with Crippen LogP contribution in [-0.4, -0.2) is 49.8 Å². The molecule has 2 atom stereocenters. The summed E-state index contributed by atoms with van der Waals surface area (Å²) in [5, 5.41) is 9.52. The van der Waals surface area contributed by atoms with Crippen LogP contribution < -0.4 is 5.73 Å². The van der Waals surface area contributed by atoms with Gasteiger partial charge in [0.05, 0.1) is 18.9 Å². The maximum Gasteiger partial charge on any atom is 0.260 e. The predicted molar refractivity (Wildman–Crippen MR) is 66.2 cm³/mol. The van der Waals surface area contributed by atoms with E-state index in [-0.39, 0.29) is 19.3 Å². The number of aliphatic hydroxyl groups is 1. The molecule has 0 saturated heterocycles. The van der Waals surface area contributed by atoms with Crippen LogP contribution in [0.5, 0.6) is 0 Å². The molecule has 0 aliphatic carbocycles. The number of hydrogen-bond acceptors (Lipinski definition) is 6. The second-order valence-corrected chi connectivity index (χ2v) is 5.93. The van der Waals surface area contributed by atoms with Gasteiger partial charge < -0.3 is 24.8 Å². The molecule has 0 saturated carbocycles. The number of nitrogens with two attached hydrogens (primary N) is 1. The van der Waals surface area contributed by atoms with E-state index >= 15 is 0 Å². The lowest BCUT2D eigenvalue weighted by atomic mass is 10.4. The standard InChI is InChI=1S/C10H24NO5P/c1-4-14-10(15-5-2)17(13,16-6-3)8-9(12)7-11/h9-10,12H,4-8,11H2,1-3H3. The summed E-state index contributed by atoms with van der Waals surface area (Å²) in [6.45, 7) is 6.31. The van der Waals surface area contributed by atoms with Gasteiger partial charge in [-0.25, -0.2) is 0 Å². The Balaban J connectivity index is 4.78. The summed E-state index contributed by atoms with van der Waals surface area (Å²) >= 11 is 0. The number of hydrogen-bond donors (Lipinski definition) is 2. The molecule has 0 rings (SSSR count). The van der Waals surface area contributed by atoms with Gasteiger partial charge in [0.25, 0.3) is 7.37 Å². The first-order valence-corrected chi connectivity index (χ1v) is 7.76. The van der Waals surface area contributed by atoms with Gasteiger partial charge in [-0.05, 0) is 20.8 Å². The van der Waals surface area contributed by atoms with Gasteiger partial charge in [-0.2, -0.15) is 0 Å². The zero-order valence-electron chi connectivity index (χ0n) is 10.8. The fourth-order valence-corrected chi connectivity index (χ4v) is 3.67. The summed E-state index contributed by atoms with van der Waals surface area (Å²) in [6, 6.07) is -0.932. The lowest BCUT2D eigenvalue weighted by Gasteiger charge is -2.27. The van der Waals surface area contributed by atoms with Crippen LogP contribution in [0.2, 0.25) is 0 Å². The first kappa shape index (κ1) is 17.0. The summed E-state index contributed by atoms with van der Waals surface area (Å²) in [5.41, 5.74) is 5.32. The Bertz CT molecular complexity index is 233. The molecular formula is C10H24NO5P. The zero-order chi connectivity index (χ0) is 13.3. The smallest absolute Gasteiger partial charge is 0.260 e. The highest BCUT2D eigenvalue weighted by atomic mass is 31.2. The molecule has 104 valence electrons. The van der Waals surface area contributed by atoms with Gasteiger partial charge in [0.2, 0.25) is 6.03 Å². The fourth-order valence-electron chi connectivity index (χ4n) is 1.35. The minimum absolute atomic E-state index is 0.0298. The summed E-state index contributed by atoms with van der Waals surface area (Å²) in [4.78, 5) is 0. The molecule has 17 heavy (non-hydrogen) atoms. The Hall–Kier alpha value is 0.0300. The summed E-state index contributed by atoms with van der Waals surface area (Å²) in [7, 11) is -3.21. The van der Waals surface area contributed by atoms with Crippen LogP contribution in [0.25, 0.3) is 0 Å². The molecule has 0 radical (unpaired) electrons. The molecule has 0 heterocycles. The van der Waals surface area contributed by atoms with E-state index in [1.807, 2.05) is 0 Å². The van der Waals surface area contributed by atoms with E-state index in [9.17, 15) is 9.67 Å². The molecule has 6 nitrogen and oxygen atoms in total. The van der Waals surface area contributed by atoms with Gasteiger partial charge in [0.1, 0.15) is 0 Å². The quantitative estimate of drug-likeness (QED) is 0.454. The van der Waals surface area contributed by atoms with Crippen LogP contribution >= 0.6 is 7.37 Å². The Labute approximate surface area is 103 Å². The third-order valence-electron chi connectivity index (χ3n) is 2.02. The van der Waals surface area contributed by atoms with Crippen molar-refractivity contribution in [3.8, 4) is 0 Å². The molecule has 7 heteroatoms. The van der Waals surface area contributed by atoms with Gasteiger partial charge in [-0.3, -0.25) is 4.57 Å². The maximum absolute atomic E-state index is 12.6. The number of aliphatic hydroxyl groups excluding tert-OH is 1. The molecule has 0 aliphatic rings. The second-order valence-electron chi connectivity index (χ2n) is 3.43. The highest BCUT2D eigenvalue weighted by Crippen LogP contribution is 2.53. The molecule has 2 unspecified atom stereocenters. The van der Waals surface area contributed by atoms with Gasteiger partial charge in [0, 0.05) is 19.8 Å². The molecule has 0 aromatic rings. The van der Waals surface area contributed by atoms with Gasteiger partial charge in [0.15, 0.2) is 0 Å². The van der Waals surface area contributed by atoms with Crippen LogP contribution in [0, 0.1) is 0 Å². The zero-order valence-corrected chi connectivity index (χ0v) is 11.7. The van der Waals surface area contributed by atoms with E-state index in [1.54, 1.807) is 20.8 Å². The average molecular weight is 269 g/mol. The van der Waals surface area contributed by atoms with Crippen LogP contribution in [0.3, 0.4) is 0 Å². The van der Waals surface area contributed by atoms with Crippen LogP contribution in [0.4, 0.5) is 0 Å². The van der Waals surface area contributed by atoms with E-state index in [0.717, 1.165) is 0 Å². The molecule has 3 N–H and O–H groups in total. The van der Waals surface area contributed by atoms with Crippen molar-refractivity contribution in [2.24, 2.45) is 5.73 Å². The molecule has 0 fully saturated rings. The number of rotatable bonds is 10.